The molecule has 2 amide bonds. The smallest absolute Gasteiger partial charge is 0.319 e. The summed E-state index contributed by atoms with van der Waals surface area (Å²) in [5.41, 5.74) is 2.80. The van der Waals surface area contributed by atoms with Crippen LogP contribution in [0.15, 0.2) is 42.6 Å². The minimum Gasteiger partial charge on any atom is -0.354 e. The SMILES string of the molecule is Cn1c(CCN2CCN(c3ccccn3)CC2)nc2cc(NC(=O)NC3CCCCC3)ccc21. The lowest BCUT2D eigenvalue weighted by atomic mass is 9.96. The third-order valence-corrected chi connectivity index (χ3v) is 7.17. The Bertz CT molecular complexity index is 1100. The fraction of sp³-hybridized carbons (Fsp3) is 0.500. The molecule has 0 atom stereocenters. The van der Waals surface area contributed by atoms with Crippen LogP contribution in [0.3, 0.4) is 0 Å². The highest BCUT2D eigenvalue weighted by atomic mass is 16.2. The first-order valence-corrected chi connectivity index (χ1v) is 12.6. The summed E-state index contributed by atoms with van der Waals surface area (Å²) in [5, 5.41) is 6.11. The van der Waals surface area contributed by atoms with Crippen LogP contribution in [0.5, 0.6) is 0 Å². The predicted molar refractivity (Wildman–Crippen MR) is 136 cm³/mol. The first-order chi connectivity index (χ1) is 16.7. The summed E-state index contributed by atoms with van der Waals surface area (Å²) in [7, 11) is 2.08. The second-order valence-corrected chi connectivity index (χ2v) is 9.49. The van der Waals surface area contributed by atoms with Gasteiger partial charge in [0.15, 0.2) is 0 Å². The molecule has 8 heteroatoms. The number of carbonyl (C=O) groups is 1. The fourth-order valence-corrected chi connectivity index (χ4v) is 5.15. The molecule has 1 aromatic carbocycles. The number of fused-ring (bicyclic) bond motifs is 1. The molecule has 0 bridgehead atoms. The van der Waals surface area contributed by atoms with Gasteiger partial charge in [-0.25, -0.2) is 14.8 Å². The van der Waals surface area contributed by atoms with Gasteiger partial charge in [-0.2, -0.15) is 0 Å². The van der Waals surface area contributed by atoms with E-state index in [1.807, 2.05) is 36.5 Å². The van der Waals surface area contributed by atoms with Crippen LogP contribution in [0, 0.1) is 0 Å². The van der Waals surface area contributed by atoms with Crippen molar-refractivity contribution < 1.29 is 4.79 Å². The van der Waals surface area contributed by atoms with Gasteiger partial charge in [-0.15, -0.1) is 0 Å². The first-order valence-electron chi connectivity index (χ1n) is 12.6. The molecule has 2 aromatic heterocycles. The molecule has 1 aliphatic heterocycles. The maximum atomic E-state index is 12.4. The third kappa shape index (κ3) is 5.33. The lowest BCUT2D eigenvalue weighted by Gasteiger charge is -2.35. The molecule has 0 unspecified atom stereocenters. The van der Waals surface area contributed by atoms with Crippen LogP contribution in [0.25, 0.3) is 11.0 Å². The van der Waals surface area contributed by atoms with Crippen LogP contribution in [0.2, 0.25) is 0 Å². The van der Waals surface area contributed by atoms with E-state index in [4.69, 9.17) is 4.98 Å². The van der Waals surface area contributed by atoms with Crippen LogP contribution in [-0.4, -0.2) is 64.2 Å². The summed E-state index contributed by atoms with van der Waals surface area (Å²) in [6.07, 6.45) is 8.60. The highest BCUT2D eigenvalue weighted by Gasteiger charge is 2.19. The summed E-state index contributed by atoms with van der Waals surface area (Å²) in [6.45, 7) is 5.05. The number of piperazine rings is 1. The summed E-state index contributed by atoms with van der Waals surface area (Å²) in [5.74, 6) is 2.14. The molecule has 3 heterocycles. The maximum Gasteiger partial charge on any atom is 0.319 e. The van der Waals surface area contributed by atoms with Crippen molar-refractivity contribution in [2.75, 3.05) is 42.9 Å². The second kappa shape index (κ2) is 10.4. The topological polar surface area (TPSA) is 78.3 Å². The summed E-state index contributed by atoms with van der Waals surface area (Å²) >= 11 is 0. The predicted octanol–water partition coefficient (Wildman–Crippen LogP) is 3.79. The minimum atomic E-state index is -0.118. The number of nitrogens with zero attached hydrogens (tertiary/aromatic N) is 5. The molecule has 180 valence electrons. The first kappa shape index (κ1) is 22.7. The minimum absolute atomic E-state index is 0.118. The van der Waals surface area contributed by atoms with Crippen molar-refractivity contribution in [2.45, 2.75) is 44.6 Å². The van der Waals surface area contributed by atoms with Crippen LogP contribution in [-0.2, 0) is 13.5 Å². The number of benzene rings is 1. The number of aryl methyl sites for hydroxylation is 1. The van der Waals surface area contributed by atoms with E-state index >= 15 is 0 Å². The second-order valence-electron chi connectivity index (χ2n) is 9.49. The van der Waals surface area contributed by atoms with E-state index in [-0.39, 0.29) is 6.03 Å². The molecule has 2 N–H and O–H groups in total. The molecule has 1 aliphatic carbocycles. The number of amides is 2. The van der Waals surface area contributed by atoms with Crippen molar-refractivity contribution in [1.29, 1.82) is 0 Å². The molecule has 0 radical (unpaired) electrons. The van der Waals surface area contributed by atoms with E-state index in [9.17, 15) is 4.79 Å². The normalized spacial score (nSPS) is 17.7. The van der Waals surface area contributed by atoms with Crippen LogP contribution in [0.1, 0.15) is 37.9 Å². The van der Waals surface area contributed by atoms with E-state index in [0.29, 0.717) is 6.04 Å². The van der Waals surface area contributed by atoms with Gasteiger partial charge in [0.05, 0.1) is 11.0 Å². The van der Waals surface area contributed by atoms with Gasteiger partial charge in [0.2, 0.25) is 0 Å². The number of aromatic nitrogens is 3. The molecular weight excluding hydrogens is 426 g/mol. The van der Waals surface area contributed by atoms with Crippen molar-refractivity contribution in [3.05, 3.63) is 48.4 Å². The van der Waals surface area contributed by atoms with Crippen molar-refractivity contribution in [3.63, 3.8) is 0 Å². The number of pyridine rings is 1. The Morgan fingerprint density at radius 3 is 2.65 bits per heavy atom. The van der Waals surface area contributed by atoms with E-state index in [1.54, 1.807) is 0 Å². The van der Waals surface area contributed by atoms with E-state index in [1.165, 1.54) is 19.3 Å². The number of hydrogen-bond donors (Lipinski definition) is 2. The lowest BCUT2D eigenvalue weighted by Crippen LogP contribution is -2.47. The van der Waals surface area contributed by atoms with Gasteiger partial charge in [0, 0.05) is 64.1 Å². The highest BCUT2D eigenvalue weighted by Crippen LogP contribution is 2.21. The van der Waals surface area contributed by atoms with Crippen LogP contribution < -0.4 is 15.5 Å². The zero-order chi connectivity index (χ0) is 23.3. The molecule has 2 aliphatic rings. The Labute approximate surface area is 201 Å². The van der Waals surface area contributed by atoms with Gasteiger partial charge >= 0.3 is 6.03 Å². The van der Waals surface area contributed by atoms with E-state index in [0.717, 1.165) is 80.3 Å². The molecule has 8 nitrogen and oxygen atoms in total. The summed E-state index contributed by atoms with van der Waals surface area (Å²) in [6, 6.07) is 12.3. The fourth-order valence-electron chi connectivity index (χ4n) is 5.15. The van der Waals surface area contributed by atoms with Gasteiger partial charge in [0.25, 0.3) is 0 Å². The average molecular weight is 462 g/mol. The van der Waals surface area contributed by atoms with Crippen LogP contribution in [0.4, 0.5) is 16.3 Å². The number of hydrogen-bond acceptors (Lipinski definition) is 5. The van der Waals surface area contributed by atoms with Gasteiger partial charge in [-0.3, -0.25) is 4.90 Å². The molecule has 1 saturated carbocycles. The van der Waals surface area contributed by atoms with Crippen molar-refractivity contribution in [1.82, 2.24) is 24.8 Å². The van der Waals surface area contributed by atoms with Gasteiger partial charge in [0.1, 0.15) is 11.6 Å². The quantitative estimate of drug-likeness (QED) is 0.584. The zero-order valence-corrected chi connectivity index (χ0v) is 20.0. The van der Waals surface area contributed by atoms with Crippen molar-refractivity contribution in [2.24, 2.45) is 7.05 Å². The molecule has 2 fully saturated rings. The highest BCUT2D eigenvalue weighted by molar-refractivity contribution is 5.92. The zero-order valence-electron chi connectivity index (χ0n) is 20.0. The monoisotopic (exact) mass is 461 g/mol. The number of anilines is 2. The number of nitrogens with one attached hydrogen (secondary N) is 2. The van der Waals surface area contributed by atoms with E-state index < -0.39 is 0 Å². The summed E-state index contributed by atoms with van der Waals surface area (Å²) < 4.78 is 2.17. The van der Waals surface area contributed by atoms with Gasteiger partial charge in [-0.1, -0.05) is 25.3 Å². The Morgan fingerprint density at radius 1 is 1.06 bits per heavy atom. The standard InChI is InChI=1S/C26H35N7O/c1-31-23-11-10-21(29-26(34)28-20-7-3-2-4-8-20)19-22(23)30-25(31)12-14-32-15-17-33(18-16-32)24-9-5-6-13-27-24/h5-6,9-11,13,19-20H,2-4,7-8,12,14-18H2,1H3,(H2,28,29,34). The number of rotatable bonds is 6. The molecular formula is C26H35N7O. The average Bonchev–Trinajstić information content (AvgIpc) is 3.18. The number of urea groups is 1. The van der Waals surface area contributed by atoms with Gasteiger partial charge < -0.3 is 20.1 Å². The Kier molecular flexibility index (Phi) is 6.94. The van der Waals surface area contributed by atoms with Crippen LogP contribution >= 0.6 is 0 Å². The Morgan fingerprint density at radius 2 is 1.88 bits per heavy atom. The van der Waals surface area contributed by atoms with Crippen molar-refractivity contribution >= 4 is 28.6 Å². The lowest BCUT2D eigenvalue weighted by molar-refractivity contribution is 0.244. The van der Waals surface area contributed by atoms with Gasteiger partial charge in [-0.05, 0) is 43.2 Å². The maximum absolute atomic E-state index is 12.4. The molecule has 34 heavy (non-hydrogen) atoms. The molecule has 1 saturated heterocycles. The number of carbonyl (C=O) groups excluding carboxylic acids is 1. The molecule has 0 spiro atoms. The molecule has 5 rings (SSSR count). The van der Waals surface area contributed by atoms with Crippen molar-refractivity contribution in [3.8, 4) is 0 Å². The third-order valence-electron chi connectivity index (χ3n) is 7.17. The largest absolute Gasteiger partial charge is 0.354 e. The Hall–Kier alpha value is -3.13. The van der Waals surface area contributed by atoms with E-state index in [2.05, 4.69) is 43.1 Å². The molecule has 3 aromatic rings. The summed E-state index contributed by atoms with van der Waals surface area (Å²) in [4.78, 5) is 26.6. The Balaban J connectivity index is 1.15. The number of imidazole rings is 1.